The number of rotatable bonds is 6. The number of nitrogens with one attached hydrogen (secondary N) is 2. The van der Waals surface area contributed by atoms with Crippen LogP contribution in [0.3, 0.4) is 0 Å². The van der Waals surface area contributed by atoms with Gasteiger partial charge in [0.25, 0.3) is 5.91 Å². The Morgan fingerprint density at radius 2 is 1.81 bits per heavy atom. The molecule has 0 aliphatic heterocycles. The SMILES string of the molecule is C#Cc1cccc(NC(=O)CNC(=O)c2ccc(OCC(F)(F)F)cc2)c1. The molecule has 0 aromatic heterocycles. The van der Waals surface area contributed by atoms with Gasteiger partial charge in [-0.3, -0.25) is 9.59 Å². The van der Waals surface area contributed by atoms with E-state index in [1.807, 2.05) is 0 Å². The van der Waals surface area contributed by atoms with E-state index in [2.05, 4.69) is 21.3 Å². The maximum absolute atomic E-state index is 12.1. The van der Waals surface area contributed by atoms with Crippen LogP contribution in [0.15, 0.2) is 48.5 Å². The van der Waals surface area contributed by atoms with Crippen LogP contribution in [0.25, 0.3) is 0 Å². The highest BCUT2D eigenvalue weighted by Gasteiger charge is 2.28. The predicted molar refractivity (Wildman–Crippen MR) is 93.3 cm³/mol. The van der Waals surface area contributed by atoms with E-state index >= 15 is 0 Å². The number of amides is 2. The van der Waals surface area contributed by atoms with Gasteiger partial charge in [-0.15, -0.1) is 6.42 Å². The van der Waals surface area contributed by atoms with Gasteiger partial charge in [0, 0.05) is 16.8 Å². The molecule has 2 aromatic carbocycles. The van der Waals surface area contributed by atoms with Crippen molar-refractivity contribution in [2.24, 2.45) is 0 Å². The highest BCUT2D eigenvalue weighted by molar-refractivity contribution is 5.99. The third-order valence-corrected chi connectivity index (χ3v) is 3.24. The minimum atomic E-state index is -4.44. The fraction of sp³-hybridized carbons (Fsp3) is 0.158. The van der Waals surface area contributed by atoms with Crippen molar-refractivity contribution in [1.82, 2.24) is 5.32 Å². The van der Waals surface area contributed by atoms with E-state index in [1.54, 1.807) is 24.3 Å². The van der Waals surface area contributed by atoms with Gasteiger partial charge in [0.05, 0.1) is 6.54 Å². The Morgan fingerprint density at radius 1 is 1.11 bits per heavy atom. The molecule has 0 saturated carbocycles. The van der Waals surface area contributed by atoms with Crippen molar-refractivity contribution in [1.29, 1.82) is 0 Å². The third-order valence-electron chi connectivity index (χ3n) is 3.24. The second-order valence-electron chi connectivity index (χ2n) is 5.38. The van der Waals surface area contributed by atoms with Gasteiger partial charge >= 0.3 is 6.18 Å². The average molecular weight is 376 g/mol. The zero-order chi connectivity index (χ0) is 19.9. The molecule has 2 aromatic rings. The van der Waals surface area contributed by atoms with Gasteiger partial charge < -0.3 is 15.4 Å². The van der Waals surface area contributed by atoms with E-state index in [4.69, 9.17) is 6.42 Å². The van der Waals surface area contributed by atoms with Gasteiger partial charge in [0.1, 0.15) is 5.75 Å². The summed E-state index contributed by atoms with van der Waals surface area (Å²) in [7, 11) is 0. The summed E-state index contributed by atoms with van der Waals surface area (Å²) in [5.74, 6) is 1.41. The van der Waals surface area contributed by atoms with E-state index in [1.165, 1.54) is 24.3 Å². The molecule has 0 aliphatic carbocycles. The molecule has 0 atom stereocenters. The van der Waals surface area contributed by atoms with Crippen LogP contribution in [0, 0.1) is 12.3 Å². The van der Waals surface area contributed by atoms with E-state index < -0.39 is 24.6 Å². The molecule has 0 saturated heterocycles. The summed E-state index contributed by atoms with van der Waals surface area (Å²) in [4.78, 5) is 23.9. The Kier molecular flexibility index (Phi) is 6.44. The minimum Gasteiger partial charge on any atom is -0.484 e. The first kappa shape index (κ1) is 19.8. The van der Waals surface area contributed by atoms with Crippen molar-refractivity contribution in [3.05, 3.63) is 59.7 Å². The second kappa shape index (κ2) is 8.76. The monoisotopic (exact) mass is 376 g/mol. The lowest BCUT2D eigenvalue weighted by molar-refractivity contribution is -0.153. The first-order valence-corrected chi connectivity index (χ1v) is 7.71. The molecule has 0 bridgehead atoms. The van der Waals surface area contributed by atoms with Crippen LogP contribution in [0.2, 0.25) is 0 Å². The summed E-state index contributed by atoms with van der Waals surface area (Å²) in [6, 6.07) is 11.7. The molecule has 2 N–H and O–H groups in total. The van der Waals surface area contributed by atoms with Gasteiger partial charge in [0.2, 0.25) is 5.91 Å². The molecular formula is C19H15F3N2O3. The van der Waals surface area contributed by atoms with Gasteiger partial charge in [-0.2, -0.15) is 13.2 Å². The topological polar surface area (TPSA) is 67.4 Å². The van der Waals surface area contributed by atoms with Gasteiger partial charge in [0.15, 0.2) is 6.61 Å². The largest absolute Gasteiger partial charge is 0.484 e. The molecule has 0 aliphatic rings. The highest BCUT2D eigenvalue weighted by atomic mass is 19.4. The normalized spacial score (nSPS) is 10.6. The summed E-state index contributed by atoms with van der Waals surface area (Å²) < 4.78 is 40.8. The lowest BCUT2D eigenvalue weighted by atomic mass is 10.2. The number of hydrogen-bond donors (Lipinski definition) is 2. The van der Waals surface area contributed by atoms with Gasteiger partial charge in [-0.1, -0.05) is 12.0 Å². The van der Waals surface area contributed by atoms with Crippen molar-refractivity contribution in [3.8, 4) is 18.1 Å². The molecule has 140 valence electrons. The van der Waals surface area contributed by atoms with Crippen molar-refractivity contribution in [2.45, 2.75) is 6.18 Å². The first-order valence-electron chi connectivity index (χ1n) is 7.71. The Bertz CT molecular complexity index is 856. The smallest absolute Gasteiger partial charge is 0.422 e. The van der Waals surface area contributed by atoms with E-state index in [9.17, 15) is 22.8 Å². The number of carbonyl (C=O) groups excluding carboxylic acids is 2. The molecule has 5 nitrogen and oxygen atoms in total. The van der Waals surface area contributed by atoms with Crippen LogP contribution in [0.1, 0.15) is 15.9 Å². The zero-order valence-electron chi connectivity index (χ0n) is 14.0. The number of alkyl halides is 3. The lowest BCUT2D eigenvalue weighted by Gasteiger charge is -2.10. The van der Waals surface area contributed by atoms with Crippen molar-refractivity contribution in [3.63, 3.8) is 0 Å². The maximum atomic E-state index is 12.1. The zero-order valence-corrected chi connectivity index (χ0v) is 14.0. The minimum absolute atomic E-state index is 0.0185. The molecule has 2 rings (SSSR count). The first-order chi connectivity index (χ1) is 12.8. The van der Waals surface area contributed by atoms with Crippen LogP contribution in [-0.2, 0) is 4.79 Å². The number of hydrogen-bond acceptors (Lipinski definition) is 3. The van der Waals surface area contributed by atoms with E-state index in [0.29, 0.717) is 11.3 Å². The van der Waals surface area contributed by atoms with Crippen LogP contribution >= 0.6 is 0 Å². The molecular weight excluding hydrogens is 361 g/mol. The number of anilines is 1. The Hall–Kier alpha value is -3.47. The van der Waals surface area contributed by atoms with Gasteiger partial charge in [-0.05, 0) is 42.5 Å². The van der Waals surface area contributed by atoms with Gasteiger partial charge in [-0.25, -0.2) is 0 Å². The number of halogens is 3. The van der Waals surface area contributed by atoms with Crippen molar-refractivity contribution in [2.75, 3.05) is 18.5 Å². The molecule has 2 amide bonds. The quantitative estimate of drug-likeness (QED) is 0.762. The predicted octanol–water partition coefficient (Wildman–Crippen LogP) is 2.98. The standard InChI is InChI=1S/C19H15F3N2O3/c1-2-13-4-3-5-15(10-13)24-17(25)11-23-18(26)14-6-8-16(9-7-14)27-12-19(20,21)22/h1,3-10H,11-12H2,(H,23,26)(H,24,25). The Labute approximate surface area is 153 Å². The number of benzene rings is 2. The molecule has 0 radical (unpaired) electrons. The van der Waals surface area contributed by atoms with E-state index in [-0.39, 0.29) is 17.9 Å². The number of ether oxygens (including phenoxy) is 1. The summed E-state index contributed by atoms with van der Waals surface area (Å²) >= 11 is 0. The number of terminal acetylenes is 1. The van der Waals surface area contributed by atoms with Crippen LogP contribution < -0.4 is 15.4 Å². The maximum Gasteiger partial charge on any atom is 0.422 e. The molecule has 27 heavy (non-hydrogen) atoms. The molecule has 8 heteroatoms. The van der Waals surface area contributed by atoms with Crippen LogP contribution in [0.5, 0.6) is 5.75 Å². The third kappa shape index (κ3) is 6.74. The molecule has 0 fully saturated rings. The lowest BCUT2D eigenvalue weighted by Crippen LogP contribution is -2.32. The summed E-state index contributed by atoms with van der Waals surface area (Å²) in [6.07, 6.45) is 0.837. The Morgan fingerprint density at radius 3 is 2.44 bits per heavy atom. The fourth-order valence-electron chi connectivity index (χ4n) is 2.02. The average Bonchev–Trinajstić information content (AvgIpc) is 2.64. The summed E-state index contributed by atoms with van der Waals surface area (Å²) in [5, 5.41) is 5.00. The molecule has 0 unspecified atom stereocenters. The van der Waals surface area contributed by atoms with E-state index in [0.717, 1.165) is 0 Å². The fourth-order valence-corrected chi connectivity index (χ4v) is 2.02. The van der Waals surface area contributed by atoms with Crippen molar-refractivity contribution < 1.29 is 27.5 Å². The number of carbonyl (C=O) groups is 2. The van der Waals surface area contributed by atoms with Crippen molar-refractivity contribution >= 4 is 17.5 Å². The summed E-state index contributed by atoms with van der Waals surface area (Å²) in [5.41, 5.74) is 1.28. The Balaban J connectivity index is 1.84. The second-order valence-corrected chi connectivity index (χ2v) is 5.38. The molecule has 0 spiro atoms. The van der Waals surface area contributed by atoms with Crippen LogP contribution in [0.4, 0.5) is 18.9 Å². The highest BCUT2D eigenvalue weighted by Crippen LogP contribution is 2.18. The molecule has 0 heterocycles. The summed E-state index contributed by atoms with van der Waals surface area (Å²) in [6.45, 7) is -1.70. The van der Waals surface area contributed by atoms with Crippen LogP contribution in [-0.4, -0.2) is 31.1 Å².